The van der Waals surface area contributed by atoms with Gasteiger partial charge in [-0.05, 0) is 44.2 Å². The lowest BCUT2D eigenvalue weighted by Gasteiger charge is -2.10. The molecule has 0 aliphatic rings. The van der Waals surface area contributed by atoms with E-state index in [9.17, 15) is 4.79 Å². The number of carbonyl (C=O) groups excluding carboxylic acids is 1. The van der Waals surface area contributed by atoms with Crippen molar-refractivity contribution in [2.45, 2.75) is 30.8 Å². The van der Waals surface area contributed by atoms with E-state index in [1.54, 1.807) is 13.0 Å². The number of thioether (sulfide) groups is 1. The molecule has 0 spiro atoms. The van der Waals surface area contributed by atoms with E-state index in [0.29, 0.717) is 22.5 Å². The van der Waals surface area contributed by atoms with Crippen LogP contribution in [0.3, 0.4) is 0 Å². The molecule has 0 aliphatic carbocycles. The smallest absolute Gasteiger partial charge is 0.253 e. The van der Waals surface area contributed by atoms with Crippen molar-refractivity contribution < 1.29 is 9.21 Å². The van der Waals surface area contributed by atoms with Crippen molar-refractivity contribution in [1.29, 1.82) is 0 Å². The third-order valence-electron chi connectivity index (χ3n) is 3.98. The van der Waals surface area contributed by atoms with Crippen molar-refractivity contribution in [3.05, 3.63) is 58.8 Å². The molecule has 1 aromatic carbocycles. The van der Waals surface area contributed by atoms with Gasteiger partial charge < -0.3 is 14.3 Å². The fourth-order valence-corrected chi connectivity index (χ4v) is 3.38. The van der Waals surface area contributed by atoms with Crippen LogP contribution in [0.15, 0.2) is 51.1 Å². The van der Waals surface area contributed by atoms with Gasteiger partial charge in [0.15, 0.2) is 11.0 Å². The molecule has 0 bridgehead atoms. The van der Waals surface area contributed by atoms with E-state index in [0.717, 1.165) is 17.3 Å². The highest BCUT2D eigenvalue weighted by Gasteiger charge is 2.18. The summed E-state index contributed by atoms with van der Waals surface area (Å²) in [7, 11) is 1.86. The maximum absolute atomic E-state index is 12.2. The second-order valence-electron chi connectivity index (χ2n) is 6.26. The minimum Gasteiger partial charge on any atom is -0.460 e. The summed E-state index contributed by atoms with van der Waals surface area (Å²) in [4.78, 5) is 12.2. The number of amides is 1. The quantitative estimate of drug-likeness (QED) is 0.320. The monoisotopic (exact) mass is 432 g/mol. The number of halogens is 1. The SMILES string of the molecule is Cc1ccc(C=NNC(=O)[C@H](C)Sc2nnc(CNc3cccc(Cl)c3)n2C)o1. The standard InChI is InChI=1S/C19H21ClN6O2S/c1-12-7-8-16(28-12)10-22-24-18(27)13(2)29-19-25-23-17(26(19)3)11-21-15-6-4-5-14(20)9-15/h4-10,13,21H,11H2,1-3H3,(H,24,27)/t13-/m0/s1. The van der Waals surface area contributed by atoms with E-state index in [4.69, 9.17) is 16.0 Å². The summed E-state index contributed by atoms with van der Waals surface area (Å²) in [6.45, 7) is 4.11. The number of nitrogens with zero attached hydrogens (tertiary/aromatic N) is 4. The second-order valence-corrected chi connectivity index (χ2v) is 8.01. The molecule has 2 heterocycles. The number of furan rings is 1. The van der Waals surface area contributed by atoms with Crippen LogP contribution in [0.5, 0.6) is 0 Å². The van der Waals surface area contributed by atoms with Crippen LogP contribution in [0, 0.1) is 6.92 Å². The van der Waals surface area contributed by atoms with Gasteiger partial charge in [-0.2, -0.15) is 5.10 Å². The number of anilines is 1. The van der Waals surface area contributed by atoms with Gasteiger partial charge in [-0.15, -0.1) is 10.2 Å². The molecule has 1 atom stereocenters. The molecule has 8 nitrogen and oxygen atoms in total. The summed E-state index contributed by atoms with van der Waals surface area (Å²) in [6.07, 6.45) is 1.46. The molecule has 1 amide bonds. The molecule has 10 heteroatoms. The molecule has 0 radical (unpaired) electrons. The van der Waals surface area contributed by atoms with E-state index in [1.807, 2.05) is 48.9 Å². The Morgan fingerprint density at radius 2 is 2.21 bits per heavy atom. The van der Waals surface area contributed by atoms with Crippen molar-refractivity contribution in [2.75, 3.05) is 5.32 Å². The summed E-state index contributed by atoms with van der Waals surface area (Å²) in [5.41, 5.74) is 3.40. The zero-order valence-electron chi connectivity index (χ0n) is 16.2. The van der Waals surface area contributed by atoms with Gasteiger partial charge >= 0.3 is 0 Å². The van der Waals surface area contributed by atoms with Gasteiger partial charge in [0.05, 0.1) is 18.0 Å². The molecule has 0 unspecified atom stereocenters. The van der Waals surface area contributed by atoms with Crippen molar-refractivity contribution in [3.8, 4) is 0 Å². The average molecular weight is 433 g/mol. The number of hydrogen-bond donors (Lipinski definition) is 2. The Morgan fingerprint density at radius 3 is 2.93 bits per heavy atom. The summed E-state index contributed by atoms with van der Waals surface area (Å²) < 4.78 is 7.21. The van der Waals surface area contributed by atoms with Crippen molar-refractivity contribution in [2.24, 2.45) is 12.1 Å². The van der Waals surface area contributed by atoms with Crippen LogP contribution < -0.4 is 10.7 Å². The Morgan fingerprint density at radius 1 is 1.38 bits per heavy atom. The van der Waals surface area contributed by atoms with Gasteiger partial charge in [0, 0.05) is 17.8 Å². The average Bonchev–Trinajstić information content (AvgIpc) is 3.26. The highest BCUT2D eigenvalue weighted by molar-refractivity contribution is 8.00. The summed E-state index contributed by atoms with van der Waals surface area (Å²) in [5.74, 6) is 1.86. The minimum atomic E-state index is -0.401. The lowest BCUT2D eigenvalue weighted by molar-refractivity contribution is -0.120. The Kier molecular flexibility index (Phi) is 6.95. The van der Waals surface area contributed by atoms with E-state index in [2.05, 4.69) is 26.0 Å². The van der Waals surface area contributed by atoms with E-state index < -0.39 is 5.25 Å². The third kappa shape index (κ3) is 5.85. The topological polar surface area (TPSA) is 97.3 Å². The first kappa shape index (κ1) is 20.9. The zero-order chi connectivity index (χ0) is 20.8. The number of carbonyl (C=O) groups is 1. The number of nitrogens with one attached hydrogen (secondary N) is 2. The van der Waals surface area contributed by atoms with Gasteiger partial charge in [0.25, 0.3) is 5.91 Å². The molecule has 3 aromatic rings. The Hall–Kier alpha value is -2.78. The van der Waals surface area contributed by atoms with Crippen LogP contribution in [0.1, 0.15) is 24.3 Å². The van der Waals surface area contributed by atoms with Crippen LogP contribution in [0.4, 0.5) is 5.69 Å². The van der Waals surface area contributed by atoms with Crippen LogP contribution in [0.25, 0.3) is 0 Å². The lowest BCUT2D eigenvalue weighted by Crippen LogP contribution is -2.27. The molecule has 29 heavy (non-hydrogen) atoms. The van der Waals surface area contributed by atoms with Gasteiger partial charge in [0.1, 0.15) is 11.5 Å². The summed E-state index contributed by atoms with van der Waals surface area (Å²) >= 11 is 7.30. The molecule has 0 saturated carbocycles. The highest BCUT2D eigenvalue weighted by atomic mass is 35.5. The van der Waals surface area contributed by atoms with E-state index in [1.165, 1.54) is 18.0 Å². The normalized spacial score (nSPS) is 12.3. The number of hydrazone groups is 1. The van der Waals surface area contributed by atoms with Crippen LogP contribution >= 0.6 is 23.4 Å². The van der Waals surface area contributed by atoms with Crippen molar-refractivity contribution >= 4 is 41.2 Å². The third-order valence-corrected chi connectivity index (χ3v) is 5.35. The first-order valence-corrected chi connectivity index (χ1v) is 10.1. The van der Waals surface area contributed by atoms with Crippen molar-refractivity contribution in [1.82, 2.24) is 20.2 Å². The largest absolute Gasteiger partial charge is 0.460 e. The van der Waals surface area contributed by atoms with Crippen molar-refractivity contribution in [3.63, 3.8) is 0 Å². The fourth-order valence-electron chi connectivity index (χ4n) is 2.37. The Bertz CT molecular complexity index is 1020. The first-order valence-electron chi connectivity index (χ1n) is 8.86. The van der Waals surface area contributed by atoms with Crippen LogP contribution in [-0.2, 0) is 18.4 Å². The van der Waals surface area contributed by atoms with Gasteiger partial charge in [0.2, 0.25) is 0 Å². The number of aromatic nitrogens is 3. The summed E-state index contributed by atoms with van der Waals surface area (Å²) in [5, 5.41) is 16.4. The Labute approximate surface area is 177 Å². The van der Waals surface area contributed by atoms with Crippen LogP contribution in [0.2, 0.25) is 5.02 Å². The highest BCUT2D eigenvalue weighted by Crippen LogP contribution is 2.22. The van der Waals surface area contributed by atoms with E-state index in [-0.39, 0.29) is 5.91 Å². The molecule has 0 fully saturated rings. The number of aryl methyl sites for hydroxylation is 1. The van der Waals surface area contributed by atoms with Gasteiger partial charge in [-0.3, -0.25) is 4.79 Å². The molecule has 152 valence electrons. The number of hydrogen-bond acceptors (Lipinski definition) is 7. The van der Waals surface area contributed by atoms with Gasteiger partial charge in [-0.25, -0.2) is 5.43 Å². The first-order chi connectivity index (χ1) is 13.9. The molecule has 0 aliphatic heterocycles. The maximum Gasteiger partial charge on any atom is 0.253 e. The van der Waals surface area contributed by atoms with E-state index >= 15 is 0 Å². The maximum atomic E-state index is 12.2. The molecular weight excluding hydrogens is 412 g/mol. The molecule has 3 rings (SSSR count). The second kappa shape index (κ2) is 9.62. The molecule has 2 aromatic heterocycles. The lowest BCUT2D eigenvalue weighted by atomic mass is 10.3. The molecule has 0 saturated heterocycles. The number of benzene rings is 1. The minimum absolute atomic E-state index is 0.240. The summed E-state index contributed by atoms with van der Waals surface area (Å²) in [6, 6.07) is 11.1. The Balaban J connectivity index is 1.52. The molecular formula is C19H21ClN6O2S. The predicted octanol–water partition coefficient (Wildman–Crippen LogP) is 3.61. The van der Waals surface area contributed by atoms with Crippen LogP contribution in [-0.4, -0.2) is 32.1 Å². The number of rotatable bonds is 8. The zero-order valence-corrected chi connectivity index (χ0v) is 17.8. The predicted molar refractivity (Wildman–Crippen MR) is 114 cm³/mol. The molecule has 2 N–H and O–H groups in total. The van der Waals surface area contributed by atoms with Gasteiger partial charge in [-0.1, -0.05) is 29.4 Å². The fraction of sp³-hybridized carbons (Fsp3) is 0.263.